The standard InChI is InChI=1S/2C13H24NSi.2BrH.Hf/c2*1-11(2)14(12(3)4)15(5,6)13-9-7-8-10-13;;;/h2*7,9,11-12H,8H2,1-6H3;2*1H;. The van der Waals surface area contributed by atoms with E-state index >= 15 is 0 Å². The minimum absolute atomic E-state index is 0. The number of halogens is 2. The molecule has 0 saturated heterocycles. The van der Waals surface area contributed by atoms with Crippen molar-refractivity contribution in [3.05, 3.63) is 41.4 Å². The van der Waals surface area contributed by atoms with Gasteiger partial charge in [-0.3, -0.25) is 0 Å². The maximum atomic E-state index is 2.85. The van der Waals surface area contributed by atoms with Crippen molar-refractivity contribution in [2.24, 2.45) is 0 Å². The summed E-state index contributed by atoms with van der Waals surface area (Å²) in [4.78, 5) is 0. The van der Waals surface area contributed by atoms with Crippen LogP contribution in [0.2, 0.25) is 26.2 Å². The molecule has 0 N–H and O–H groups in total. The molecule has 2 aliphatic carbocycles. The summed E-state index contributed by atoms with van der Waals surface area (Å²) in [7, 11) is -3.31. The molecule has 0 radical (unpaired) electrons. The van der Waals surface area contributed by atoms with Gasteiger partial charge in [-0.2, -0.15) is 0 Å². The van der Waals surface area contributed by atoms with E-state index in [4.69, 9.17) is 0 Å². The fraction of sp³-hybridized carbons (Fsp3) is 0.692. The molecule has 0 saturated carbocycles. The Labute approximate surface area is 240 Å². The molecule has 0 heterocycles. The molecule has 0 fully saturated rings. The van der Waals surface area contributed by atoms with Crippen LogP contribution < -0.4 is 0 Å². The van der Waals surface area contributed by atoms with E-state index in [1.54, 1.807) is 10.4 Å². The van der Waals surface area contributed by atoms with Crippen LogP contribution in [0.4, 0.5) is 0 Å². The molecule has 0 spiro atoms. The summed E-state index contributed by atoms with van der Waals surface area (Å²) in [5.41, 5.74) is 0. The van der Waals surface area contributed by atoms with E-state index < -0.39 is 39.4 Å². The normalized spacial score (nSPS) is 16.9. The summed E-state index contributed by atoms with van der Waals surface area (Å²) in [6.07, 6.45) is 12.5. The van der Waals surface area contributed by atoms with Gasteiger partial charge < -0.3 is 0 Å². The van der Waals surface area contributed by atoms with Crippen LogP contribution in [0.1, 0.15) is 68.2 Å². The minimum atomic E-state index is -1.65. The van der Waals surface area contributed by atoms with E-state index in [9.17, 15) is 0 Å². The second-order valence-electron chi connectivity index (χ2n) is 11.4. The first-order chi connectivity index (χ1) is 14.2. The van der Waals surface area contributed by atoms with Crippen molar-refractivity contribution in [1.82, 2.24) is 9.13 Å². The zero-order chi connectivity index (χ0) is 23.7. The molecule has 0 aromatic rings. The second kappa shape index (κ2) is 13.6. The second-order valence-corrected chi connectivity index (χ2v) is 25.0. The summed E-state index contributed by atoms with van der Waals surface area (Å²) in [5.74, 6) is 0. The first-order valence-electron chi connectivity index (χ1n) is 12.4. The quantitative estimate of drug-likeness (QED) is 0.206. The maximum absolute atomic E-state index is 2.85. The van der Waals surface area contributed by atoms with Crippen molar-refractivity contribution in [2.75, 3.05) is 0 Å². The van der Waals surface area contributed by atoms with Gasteiger partial charge in [-0.25, -0.2) is 0 Å². The zero-order valence-corrected chi connectivity index (χ0v) is 32.3. The third-order valence-corrected chi connectivity index (χ3v) is 22.6. The molecule has 0 bridgehead atoms. The van der Waals surface area contributed by atoms with Gasteiger partial charge in [0.1, 0.15) is 0 Å². The number of rotatable bonds is 10. The van der Waals surface area contributed by atoms with E-state index in [-0.39, 0.29) is 34.0 Å². The van der Waals surface area contributed by atoms with E-state index in [1.165, 1.54) is 12.8 Å². The monoisotopic (exact) mass is 784 g/mol. The van der Waals surface area contributed by atoms with E-state index in [1.807, 2.05) is 6.66 Å². The summed E-state index contributed by atoms with van der Waals surface area (Å²) in [6, 6.07) is 2.44. The average molecular weight is 785 g/mol. The van der Waals surface area contributed by atoms with E-state index in [2.05, 4.69) is 115 Å². The first-order valence-corrected chi connectivity index (χ1v) is 21.9. The van der Waals surface area contributed by atoms with Crippen LogP contribution in [0.5, 0.6) is 0 Å². The molecule has 0 aliphatic heterocycles. The Bertz CT molecular complexity index is 701. The molecule has 33 heavy (non-hydrogen) atoms. The summed E-state index contributed by atoms with van der Waals surface area (Å²) in [5, 5.41) is 3.56. The van der Waals surface area contributed by atoms with Crippen molar-refractivity contribution in [1.29, 1.82) is 0 Å². The number of hydrogen-bond acceptors (Lipinski definition) is 2. The Kier molecular flexibility index (Phi) is 14.1. The number of hydrogen-bond donors (Lipinski definition) is 0. The summed E-state index contributed by atoms with van der Waals surface area (Å²) < 4.78 is 9.48. The van der Waals surface area contributed by atoms with Gasteiger partial charge in [0, 0.05) is 0 Å². The molecular formula is C26H50Br2HfN2Si2. The Morgan fingerprint density at radius 2 is 0.879 bits per heavy atom. The molecule has 7 heteroatoms. The average Bonchev–Trinajstić information content (AvgIpc) is 3.22. The van der Waals surface area contributed by atoms with Gasteiger partial charge in [-0.1, -0.05) is 0 Å². The van der Waals surface area contributed by atoms with Gasteiger partial charge >= 0.3 is 208 Å². The zero-order valence-electron chi connectivity index (χ0n) is 23.2. The Hall–Kier alpha value is 1.14. The van der Waals surface area contributed by atoms with Gasteiger partial charge in [0.25, 0.3) is 0 Å². The Morgan fingerprint density at radius 3 is 1.12 bits per heavy atom. The van der Waals surface area contributed by atoms with E-state index in [0.717, 1.165) is 0 Å². The summed E-state index contributed by atoms with van der Waals surface area (Å²) >= 11 is -1.03. The van der Waals surface area contributed by atoms with Crippen LogP contribution in [0.25, 0.3) is 0 Å². The molecular weight excluding hydrogens is 735 g/mol. The third-order valence-electron chi connectivity index (χ3n) is 7.00. The molecule has 0 aromatic carbocycles. The molecule has 2 nitrogen and oxygen atoms in total. The van der Waals surface area contributed by atoms with Gasteiger partial charge in [-0.15, -0.1) is 34.0 Å². The van der Waals surface area contributed by atoms with Crippen LogP contribution in [-0.2, 0) is 22.9 Å². The fourth-order valence-corrected chi connectivity index (χ4v) is 27.2. The van der Waals surface area contributed by atoms with Crippen molar-refractivity contribution in [2.45, 2.75) is 119 Å². The van der Waals surface area contributed by atoms with Crippen LogP contribution in [0.3, 0.4) is 0 Å². The van der Waals surface area contributed by atoms with Crippen LogP contribution in [0, 0.1) is 0 Å². The molecule has 0 amide bonds. The molecule has 2 aliphatic rings. The van der Waals surface area contributed by atoms with Crippen molar-refractivity contribution in [3.8, 4) is 0 Å². The van der Waals surface area contributed by atoms with Gasteiger partial charge in [-0.05, 0) is 0 Å². The van der Waals surface area contributed by atoms with Gasteiger partial charge in [0.15, 0.2) is 0 Å². The molecule has 0 unspecified atom stereocenters. The van der Waals surface area contributed by atoms with Crippen LogP contribution >= 0.6 is 34.0 Å². The summed E-state index contributed by atoms with van der Waals surface area (Å²) in [6.45, 7) is 29.5. The van der Waals surface area contributed by atoms with Crippen molar-refractivity contribution < 1.29 is 22.9 Å². The van der Waals surface area contributed by atoms with Gasteiger partial charge in [0.2, 0.25) is 0 Å². The van der Waals surface area contributed by atoms with Crippen molar-refractivity contribution in [3.63, 3.8) is 0 Å². The molecule has 0 atom stereocenters. The molecule has 0 aromatic heterocycles. The fourth-order valence-electron chi connectivity index (χ4n) is 6.63. The first kappa shape index (κ1) is 34.1. The SMILES string of the molecule is Br.Br.CC(C)N(C(C)C)[Si](C)(C)C1=[C]([Hf][C]2=C([Si](C)(C)N(C(C)C)C(C)C)C=CC2)CC=C1. The predicted octanol–water partition coefficient (Wildman–Crippen LogP) is 8.38. The Morgan fingerprint density at radius 1 is 0.606 bits per heavy atom. The van der Waals surface area contributed by atoms with Crippen LogP contribution in [-0.4, -0.2) is 49.8 Å². The topological polar surface area (TPSA) is 6.48 Å². The number of nitrogens with zero attached hydrogens (tertiary/aromatic N) is 2. The van der Waals surface area contributed by atoms with Crippen molar-refractivity contribution >= 4 is 50.4 Å². The third kappa shape index (κ3) is 7.58. The van der Waals surface area contributed by atoms with E-state index in [0.29, 0.717) is 24.2 Å². The van der Waals surface area contributed by atoms with Gasteiger partial charge in [0.05, 0.1) is 0 Å². The predicted molar refractivity (Wildman–Crippen MR) is 161 cm³/mol. The molecule has 2 rings (SSSR count). The Balaban J connectivity index is 0.00000512. The van der Waals surface area contributed by atoms with Crippen LogP contribution in [0.15, 0.2) is 41.4 Å². The number of allylic oxidation sites excluding steroid dienone is 8. The molecule has 190 valence electrons.